The zero-order valence-corrected chi connectivity index (χ0v) is 12.8. The van der Waals surface area contributed by atoms with Crippen LogP contribution >= 0.6 is 15.9 Å². The summed E-state index contributed by atoms with van der Waals surface area (Å²) in [6.07, 6.45) is 1.62. The Morgan fingerprint density at radius 2 is 2.35 bits per heavy atom. The Balaban J connectivity index is 2.07. The van der Waals surface area contributed by atoms with E-state index in [0.29, 0.717) is 13.2 Å². The molecule has 1 aliphatic heterocycles. The number of carbonyl (C=O) groups is 1. The number of urea groups is 1. The zero-order chi connectivity index (χ0) is 14.3. The summed E-state index contributed by atoms with van der Waals surface area (Å²) in [5, 5.41) is 10.9. The van der Waals surface area contributed by atoms with Crippen molar-refractivity contribution in [1.82, 2.24) is 10.2 Å². The second-order valence-electron chi connectivity index (χ2n) is 5.11. The van der Waals surface area contributed by atoms with Gasteiger partial charge in [-0.25, -0.2) is 4.79 Å². The SMILES string of the molecule is COCCN1C(=O)NC(=N)C12CCc1cc(Br)ccc12. The summed E-state index contributed by atoms with van der Waals surface area (Å²) in [5.74, 6) is 0.277. The molecule has 1 atom stereocenters. The molecule has 2 N–H and O–H groups in total. The number of rotatable bonds is 3. The molecular formula is C14H16BrN3O2. The van der Waals surface area contributed by atoms with Crippen molar-refractivity contribution >= 4 is 27.8 Å². The molecule has 6 heteroatoms. The smallest absolute Gasteiger partial charge is 0.324 e. The second kappa shape index (κ2) is 4.86. The van der Waals surface area contributed by atoms with Crippen LogP contribution in [0.4, 0.5) is 4.79 Å². The summed E-state index contributed by atoms with van der Waals surface area (Å²) in [4.78, 5) is 13.9. The summed E-state index contributed by atoms with van der Waals surface area (Å²) < 4.78 is 6.13. The van der Waals surface area contributed by atoms with Gasteiger partial charge in [0.05, 0.1) is 6.61 Å². The highest BCUT2D eigenvalue weighted by Crippen LogP contribution is 2.45. The molecule has 1 heterocycles. The summed E-state index contributed by atoms with van der Waals surface area (Å²) in [6.45, 7) is 0.953. The maximum absolute atomic E-state index is 12.1. The van der Waals surface area contributed by atoms with E-state index in [-0.39, 0.29) is 11.9 Å². The van der Waals surface area contributed by atoms with E-state index in [1.165, 1.54) is 5.56 Å². The topological polar surface area (TPSA) is 65.4 Å². The van der Waals surface area contributed by atoms with Crippen molar-refractivity contribution in [1.29, 1.82) is 5.41 Å². The molecule has 1 unspecified atom stereocenters. The van der Waals surface area contributed by atoms with Crippen LogP contribution < -0.4 is 5.32 Å². The van der Waals surface area contributed by atoms with Gasteiger partial charge < -0.3 is 9.64 Å². The minimum Gasteiger partial charge on any atom is -0.383 e. The highest BCUT2D eigenvalue weighted by molar-refractivity contribution is 9.10. The van der Waals surface area contributed by atoms with Crippen LogP contribution in [-0.2, 0) is 16.7 Å². The maximum atomic E-state index is 12.1. The first kappa shape index (κ1) is 13.6. The molecule has 5 nitrogen and oxygen atoms in total. The molecule has 20 heavy (non-hydrogen) atoms. The van der Waals surface area contributed by atoms with Crippen molar-refractivity contribution in [2.45, 2.75) is 18.4 Å². The van der Waals surface area contributed by atoms with Crippen molar-refractivity contribution in [2.75, 3.05) is 20.3 Å². The van der Waals surface area contributed by atoms with E-state index in [0.717, 1.165) is 22.9 Å². The number of hydrogen-bond acceptors (Lipinski definition) is 3. The van der Waals surface area contributed by atoms with Gasteiger partial charge in [-0.1, -0.05) is 22.0 Å². The zero-order valence-electron chi connectivity index (χ0n) is 11.2. The highest BCUT2D eigenvalue weighted by atomic mass is 79.9. The Labute approximate surface area is 125 Å². The van der Waals surface area contributed by atoms with E-state index < -0.39 is 5.54 Å². The van der Waals surface area contributed by atoms with Gasteiger partial charge in [0, 0.05) is 18.1 Å². The number of fused-ring (bicyclic) bond motifs is 2. The maximum Gasteiger partial charge on any atom is 0.324 e. The van der Waals surface area contributed by atoms with E-state index in [1.54, 1.807) is 12.0 Å². The Kier molecular flexibility index (Phi) is 3.30. The van der Waals surface area contributed by atoms with Gasteiger partial charge in [-0.2, -0.15) is 0 Å². The van der Waals surface area contributed by atoms with Crippen molar-refractivity contribution in [3.63, 3.8) is 0 Å². The third-order valence-electron chi connectivity index (χ3n) is 4.14. The lowest BCUT2D eigenvalue weighted by Gasteiger charge is -2.33. The van der Waals surface area contributed by atoms with Crippen molar-refractivity contribution < 1.29 is 9.53 Å². The van der Waals surface area contributed by atoms with Gasteiger partial charge in [0.25, 0.3) is 0 Å². The molecule has 1 spiro atoms. The number of benzene rings is 1. The van der Waals surface area contributed by atoms with Crippen LogP contribution in [0, 0.1) is 5.41 Å². The first-order valence-corrected chi connectivity index (χ1v) is 7.34. The predicted octanol–water partition coefficient (Wildman–Crippen LogP) is 2.24. The molecule has 1 saturated heterocycles. The lowest BCUT2D eigenvalue weighted by atomic mass is 9.90. The summed E-state index contributed by atoms with van der Waals surface area (Å²) >= 11 is 3.48. The van der Waals surface area contributed by atoms with Gasteiger partial charge in [-0.05, 0) is 36.1 Å². The van der Waals surface area contributed by atoms with Crippen LogP contribution in [-0.4, -0.2) is 37.0 Å². The quantitative estimate of drug-likeness (QED) is 0.888. The lowest BCUT2D eigenvalue weighted by molar-refractivity contribution is 0.123. The van der Waals surface area contributed by atoms with E-state index in [4.69, 9.17) is 10.1 Å². The number of carbonyl (C=O) groups excluding carboxylic acids is 1. The molecule has 2 aliphatic rings. The standard InChI is InChI=1S/C14H16BrN3O2/c1-20-7-6-18-13(19)17-12(16)14(18)5-4-9-8-10(15)2-3-11(9)14/h2-3,8H,4-7H2,1H3,(H2,16,17,19). The number of hydrogen-bond donors (Lipinski definition) is 2. The Hall–Kier alpha value is -1.40. The lowest BCUT2D eigenvalue weighted by Crippen LogP contribution is -2.46. The predicted molar refractivity (Wildman–Crippen MR) is 79.0 cm³/mol. The fraction of sp³-hybridized carbons (Fsp3) is 0.429. The van der Waals surface area contributed by atoms with Gasteiger partial charge in [-0.15, -0.1) is 0 Å². The van der Waals surface area contributed by atoms with Crippen LogP contribution in [0.25, 0.3) is 0 Å². The number of halogens is 1. The molecule has 0 aromatic heterocycles. The summed E-state index contributed by atoms with van der Waals surface area (Å²) in [7, 11) is 1.62. The molecule has 0 radical (unpaired) electrons. The Morgan fingerprint density at radius 1 is 1.55 bits per heavy atom. The number of amidine groups is 1. The first-order valence-electron chi connectivity index (χ1n) is 6.55. The van der Waals surface area contributed by atoms with Gasteiger partial charge in [-0.3, -0.25) is 10.7 Å². The third kappa shape index (κ3) is 1.78. The van der Waals surface area contributed by atoms with Gasteiger partial charge in [0.1, 0.15) is 11.4 Å². The minimum absolute atomic E-state index is 0.206. The van der Waals surface area contributed by atoms with Crippen molar-refractivity contribution in [3.05, 3.63) is 33.8 Å². The average molecular weight is 338 g/mol. The number of ether oxygens (including phenoxy) is 1. The largest absolute Gasteiger partial charge is 0.383 e. The molecule has 1 aromatic carbocycles. The van der Waals surface area contributed by atoms with Crippen LogP contribution in [0.15, 0.2) is 22.7 Å². The third-order valence-corrected chi connectivity index (χ3v) is 4.63. The first-order chi connectivity index (χ1) is 9.59. The van der Waals surface area contributed by atoms with E-state index in [9.17, 15) is 4.79 Å². The number of nitrogens with one attached hydrogen (secondary N) is 2. The van der Waals surface area contributed by atoms with Crippen LogP contribution in [0.5, 0.6) is 0 Å². The normalized spacial score (nSPS) is 24.4. The molecule has 0 saturated carbocycles. The molecule has 2 amide bonds. The van der Waals surface area contributed by atoms with Crippen molar-refractivity contribution in [2.24, 2.45) is 0 Å². The average Bonchev–Trinajstić information content (AvgIpc) is 2.89. The molecule has 1 fully saturated rings. The number of amides is 2. The minimum atomic E-state index is -0.633. The van der Waals surface area contributed by atoms with Gasteiger partial charge in [0.2, 0.25) is 0 Å². The van der Waals surface area contributed by atoms with E-state index in [2.05, 4.69) is 27.3 Å². The van der Waals surface area contributed by atoms with Crippen LogP contribution in [0.3, 0.4) is 0 Å². The molecule has 3 rings (SSSR count). The molecule has 106 valence electrons. The number of methoxy groups -OCH3 is 1. The molecule has 0 bridgehead atoms. The van der Waals surface area contributed by atoms with Gasteiger partial charge >= 0.3 is 6.03 Å². The number of nitrogens with zero attached hydrogens (tertiary/aromatic N) is 1. The van der Waals surface area contributed by atoms with Crippen molar-refractivity contribution in [3.8, 4) is 0 Å². The highest BCUT2D eigenvalue weighted by Gasteiger charge is 2.54. The Bertz CT molecular complexity index is 590. The molecular weight excluding hydrogens is 322 g/mol. The molecule has 1 aromatic rings. The summed E-state index contributed by atoms with van der Waals surface area (Å²) in [6, 6.07) is 5.86. The Morgan fingerprint density at radius 3 is 3.10 bits per heavy atom. The fourth-order valence-corrected chi connectivity index (χ4v) is 3.63. The number of aryl methyl sites for hydroxylation is 1. The second-order valence-corrected chi connectivity index (χ2v) is 6.03. The van der Waals surface area contributed by atoms with E-state index >= 15 is 0 Å². The molecule has 1 aliphatic carbocycles. The fourth-order valence-electron chi connectivity index (χ4n) is 3.22. The van der Waals surface area contributed by atoms with Gasteiger partial charge in [0.15, 0.2) is 0 Å². The van der Waals surface area contributed by atoms with Crippen LogP contribution in [0.1, 0.15) is 17.5 Å². The van der Waals surface area contributed by atoms with E-state index in [1.807, 2.05) is 12.1 Å². The van der Waals surface area contributed by atoms with Crippen LogP contribution in [0.2, 0.25) is 0 Å². The summed E-state index contributed by atoms with van der Waals surface area (Å²) in [5.41, 5.74) is 1.62. The monoisotopic (exact) mass is 337 g/mol.